The fourth-order valence-electron chi connectivity index (χ4n) is 2.96. The van der Waals surface area contributed by atoms with E-state index in [4.69, 9.17) is 4.74 Å². The van der Waals surface area contributed by atoms with Crippen molar-refractivity contribution in [3.05, 3.63) is 45.4 Å². The topological polar surface area (TPSA) is 34.1 Å². The molecule has 1 aromatic carbocycles. The zero-order valence-electron chi connectivity index (χ0n) is 12.7. The predicted octanol–water partition coefficient (Wildman–Crippen LogP) is 3.15. The number of thiazole rings is 1. The number of ether oxygens (including phenoxy) is 1. The van der Waals surface area contributed by atoms with Crippen molar-refractivity contribution < 1.29 is 4.74 Å². The van der Waals surface area contributed by atoms with E-state index in [1.54, 1.807) is 18.4 Å². The summed E-state index contributed by atoms with van der Waals surface area (Å²) in [6.45, 7) is 3.07. The van der Waals surface area contributed by atoms with E-state index in [-0.39, 0.29) is 0 Å². The van der Waals surface area contributed by atoms with Crippen molar-refractivity contribution in [1.82, 2.24) is 10.3 Å². The number of hydrogen-bond donors (Lipinski definition) is 1. The molecule has 0 fully saturated rings. The van der Waals surface area contributed by atoms with E-state index in [0.717, 1.165) is 36.6 Å². The molecular weight excluding hydrogens is 280 g/mol. The lowest BCUT2D eigenvalue weighted by molar-refractivity contribution is 0.411. The third-order valence-corrected chi connectivity index (χ3v) is 4.94. The van der Waals surface area contributed by atoms with Crippen LogP contribution in [-0.4, -0.2) is 24.7 Å². The molecule has 3 nitrogen and oxygen atoms in total. The summed E-state index contributed by atoms with van der Waals surface area (Å²) in [5.74, 6) is 0.965. The number of fused-ring (bicyclic) bond motifs is 1. The Kier molecular flexibility index (Phi) is 4.56. The number of nitrogens with zero attached hydrogens (tertiary/aromatic N) is 1. The highest BCUT2D eigenvalue weighted by Gasteiger charge is 2.18. The minimum Gasteiger partial charge on any atom is -0.497 e. The first-order chi connectivity index (χ1) is 10.2. The van der Waals surface area contributed by atoms with E-state index in [1.165, 1.54) is 23.2 Å². The Morgan fingerprint density at radius 2 is 2.29 bits per heavy atom. The summed E-state index contributed by atoms with van der Waals surface area (Å²) in [5.41, 5.74) is 4.12. The summed E-state index contributed by atoms with van der Waals surface area (Å²) in [7, 11) is 1.73. The van der Waals surface area contributed by atoms with Gasteiger partial charge in [0.1, 0.15) is 5.75 Å². The van der Waals surface area contributed by atoms with E-state index in [1.807, 2.05) is 0 Å². The number of methoxy groups -OCH3 is 1. The summed E-state index contributed by atoms with van der Waals surface area (Å²) in [4.78, 5) is 4.51. The number of nitrogens with one attached hydrogen (secondary N) is 1. The number of rotatable bonds is 5. The average molecular weight is 302 g/mol. The molecule has 1 aliphatic carbocycles. The molecule has 0 radical (unpaired) electrons. The Labute approximate surface area is 130 Å². The van der Waals surface area contributed by atoms with Crippen LogP contribution in [0.1, 0.15) is 28.2 Å². The maximum absolute atomic E-state index is 5.33. The van der Waals surface area contributed by atoms with Crippen molar-refractivity contribution in [2.24, 2.45) is 0 Å². The summed E-state index contributed by atoms with van der Waals surface area (Å²) >= 11 is 1.73. The third kappa shape index (κ3) is 3.63. The van der Waals surface area contributed by atoms with Crippen LogP contribution < -0.4 is 10.1 Å². The second-order valence-electron chi connectivity index (χ2n) is 5.64. The van der Waals surface area contributed by atoms with Crippen molar-refractivity contribution >= 4 is 11.3 Å². The highest BCUT2D eigenvalue weighted by atomic mass is 32.1. The van der Waals surface area contributed by atoms with E-state index < -0.39 is 0 Å². The van der Waals surface area contributed by atoms with Crippen LogP contribution in [0.3, 0.4) is 0 Å². The van der Waals surface area contributed by atoms with Crippen LogP contribution in [0, 0.1) is 6.92 Å². The normalized spacial score (nSPS) is 17.5. The van der Waals surface area contributed by atoms with Crippen LogP contribution in [0.2, 0.25) is 0 Å². The molecule has 21 heavy (non-hydrogen) atoms. The molecule has 1 atom stereocenters. The largest absolute Gasteiger partial charge is 0.497 e. The lowest BCUT2D eigenvalue weighted by Gasteiger charge is -2.26. The first kappa shape index (κ1) is 14.5. The Morgan fingerprint density at radius 3 is 3.05 bits per heavy atom. The van der Waals surface area contributed by atoms with E-state index in [2.05, 4.69) is 40.8 Å². The first-order valence-corrected chi connectivity index (χ1v) is 8.43. The Bertz CT molecular complexity index is 609. The highest BCUT2D eigenvalue weighted by Crippen LogP contribution is 2.25. The molecule has 112 valence electrons. The molecule has 1 N–H and O–H groups in total. The number of aromatic nitrogens is 1. The molecule has 0 amide bonds. The monoisotopic (exact) mass is 302 g/mol. The van der Waals surface area contributed by atoms with Gasteiger partial charge in [-0.15, -0.1) is 11.3 Å². The van der Waals surface area contributed by atoms with Gasteiger partial charge in [0.05, 0.1) is 17.8 Å². The highest BCUT2D eigenvalue weighted by molar-refractivity contribution is 7.09. The molecular formula is C17H22N2OS. The summed E-state index contributed by atoms with van der Waals surface area (Å²) in [6, 6.07) is 7.04. The quantitative estimate of drug-likeness (QED) is 0.921. The lowest BCUT2D eigenvalue weighted by Crippen LogP contribution is -2.35. The first-order valence-electron chi connectivity index (χ1n) is 7.55. The van der Waals surface area contributed by atoms with E-state index >= 15 is 0 Å². The molecule has 0 unspecified atom stereocenters. The lowest BCUT2D eigenvalue weighted by atomic mass is 9.88. The summed E-state index contributed by atoms with van der Waals surface area (Å²) < 4.78 is 5.33. The van der Waals surface area contributed by atoms with E-state index in [0.29, 0.717) is 6.04 Å². The van der Waals surface area contributed by atoms with Gasteiger partial charge in [0, 0.05) is 24.4 Å². The minimum absolute atomic E-state index is 0.573. The van der Waals surface area contributed by atoms with Gasteiger partial charge in [0.15, 0.2) is 0 Å². The van der Waals surface area contributed by atoms with Gasteiger partial charge < -0.3 is 10.1 Å². The van der Waals surface area contributed by atoms with Crippen molar-refractivity contribution in [1.29, 1.82) is 0 Å². The minimum atomic E-state index is 0.573. The molecule has 0 spiro atoms. The second kappa shape index (κ2) is 6.58. The van der Waals surface area contributed by atoms with Gasteiger partial charge in [0.2, 0.25) is 0 Å². The number of hydrogen-bond acceptors (Lipinski definition) is 4. The number of aryl methyl sites for hydroxylation is 2. The standard InChI is InChI=1S/C17H22N2OS/c1-12-19-16(11-21-12)7-8-18-15-5-3-13-4-6-17(20-2)10-14(13)9-15/h4,6,10-11,15,18H,3,5,7-9H2,1-2H3/t15-/m1/s1. The molecule has 0 aliphatic heterocycles. The van der Waals surface area contributed by atoms with Crippen LogP contribution in [0.5, 0.6) is 5.75 Å². The fourth-order valence-corrected chi connectivity index (χ4v) is 3.61. The molecule has 3 rings (SSSR count). The molecule has 0 saturated heterocycles. The SMILES string of the molecule is COc1ccc2c(c1)C[C@H](NCCc1csc(C)n1)CC2. The van der Waals surface area contributed by atoms with Crippen LogP contribution in [0.25, 0.3) is 0 Å². The van der Waals surface area contributed by atoms with Gasteiger partial charge in [-0.2, -0.15) is 0 Å². The Hall–Kier alpha value is -1.39. The maximum Gasteiger partial charge on any atom is 0.119 e. The molecule has 0 bridgehead atoms. The average Bonchev–Trinajstić information content (AvgIpc) is 2.92. The van der Waals surface area contributed by atoms with Gasteiger partial charge >= 0.3 is 0 Å². The van der Waals surface area contributed by atoms with Crippen LogP contribution in [0.4, 0.5) is 0 Å². The molecule has 1 aromatic heterocycles. The van der Waals surface area contributed by atoms with Crippen LogP contribution in [-0.2, 0) is 19.3 Å². The predicted molar refractivity (Wildman–Crippen MR) is 87.4 cm³/mol. The van der Waals surface area contributed by atoms with Gasteiger partial charge in [-0.25, -0.2) is 4.98 Å². The van der Waals surface area contributed by atoms with Gasteiger partial charge in [-0.3, -0.25) is 0 Å². The number of benzene rings is 1. The maximum atomic E-state index is 5.33. The van der Waals surface area contributed by atoms with Crippen molar-refractivity contribution in [3.63, 3.8) is 0 Å². The van der Waals surface area contributed by atoms with Gasteiger partial charge in [-0.05, 0) is 49.4 Å². The second-order valence-corrected chi connectivity index (χ2v) is 6.70. The fraction of sp³-hybridized carbons (Fsp3) is 0.471. The van der Waals surface area contributed by atoms with E-state index in [9.17, 15) is 0 Å². The van der Waals surface area contributed by atoms with Crippen molar-refractivity contribution in [3.8, 4) is 5.75 Å². The smallest absolute Gasteiger partial charge is 0.119 e. The van der Waals surface area contributed by atoms with Crippen molar-refractivity contribution in [2.45, 2.75) is 38.6 Å². The third-order valence-electron chi connectivity index (χ3n) is 4.12. The molecule has 1 aliphatic rings. The van der Waals surface area contributed by atoms with Gasteiger partial charge in [0.25, 0.3) is 0 Å². The summed E-state index contributed by atoms with van der Waals surface area (Å²) in [6.07, 6.45) is 4.50. The van der Waals surface area contributed by atoms with Crippen LogP contribution in [0.15, 0.2) is 23.6 Å². The van der Waals surface area contributed by atoms with Crippen molar-refractivity contribution in [2.75, 3.05) is 13.7 Å². The Morgan fingerprint density at radius 1 is 1.38 bits per heavy atom. The summed E-state index contributed by atoms with van der Waals surface area (Å²) in [5, 5.41) is 7.00. The zero-order chi connectivity index (χ0) is 14.7. The molecule has 4 heteroatoms. The van der Waals surface area contributed by atoms with Crippen LogP contribution >= 0.6 is 11.3 Å². The zero-order valence-corrected chi connectivity index (χ0v) is 13.5. The van der Waals surface area contributed by atoms with Gasteiger partial charge in [-0.1, -0.05) is 6.07 Å². The molecule has 2 aromatic rings. The molecule has 1 heterocycles. The Balaban J connectivity index is 1.53. The molecule has 0 saturated carbocycles.